The standard InChI is InChI=1S/C15H21NO3S/c1-3-20(19)14-7-5-4-6-12(14)15(18)16(2)10-13(17)11-8-9-11/h4-7,11,13,17H,3,8-10H2,1-2H3. The van der Waals surface area contributed by atoms with Crippen molar-refractivity contribution in [3.63, 3.8) is 0 Å². The fourth-order valence-electron chi connectivity index (χ4n) is 2.20. The van der Waals surface area contributed by atoms with E-state index in [9.17, 15) is 14.1 Å². The van der Waals surface area contributed by atoms with Gasteiger partial charge in [-0.05, 0) is 30.9 Å². The lowest BCUT2D eigenvalue weighted by Gasteiger charge is -2.21. The Morgan fingerprint density at radius 3 is 2.70 bits per heavy atom. The summed E-state index contributed by atoms with van der Waals surface area (Å²) in [5.41, 5.74) is 0.471. The SMILES string of the molecule is CCS(=O)c1ccccc1C(=O)N(C)CC(O)C1CC1. The maximum absolute atomic E-state index is 12.4. The van der Waals surface area contributed by atoms with Crippen LogP contribution in [0.2, 0.25) is 0 Å². The molecule has 0 spiro atoms. The van der Waals surface area contributed by atoms with Crippen LogP contribution >= 0.6 is 0 Å². The number of aliphatic hydroxyl groups excluding tert-OH is 1. The molecule has 2 rings (SSSR count). The van der Waals surface area contributed by atoms with Crippen molar-refractivity contribution < 1.29 is 14.1 Å². The zero-order chi connectivity index (χ0) is 14.7. The maximum atomic E-state index is 12.4. The summed E-state index contributed by atoms with van der Waals surface area (Å²) in [5, 5.41) is 9.93. The van der Waals surface area contributed by atoms with Crippen LogP contribution in [0, 0.1) is 5.92 Å². The number of rotatable bonds is 6. The van der Waals surface area contributed by atoms with Crippen LogP contribution in [-0.4, -0.2) is 45.6 Å². The molecule has 110 valence electrons. The highest BCUT2D eigenvalue weighted by Crippen LogP contribution is 2.32. The third-order valence-electron chi connectivity index (χ3n) is 3.60. The quantitative estimate of drug-likeness (QED) is 0.868. The molecule has 1 aromatic carbocycles. The van der Waals surface area contributed by atoms with Crippen molar-refractivity contribution in [1.82, 2.24) is 4.90 Å². The van der Waals surface area contributed by atoms with Crippen LogP contribution in [0.25, 0.3) is 0 Å². The summed E-state index contributed by atoms with van der Waals surface area (Å²) >= 11 is 0. The molecule has 0 aliphatic heterocycles. The first kappa shape index (κ1) is 15.2. The van der Waals surface area contributed by atoms with E-state index in [4.69, 9.17) is 0 Å². The van der Waals surface area contributed by atoms with Gasteiger partial charge in [-0.25, -0.2) is 0 Å². The van der Waals surface area contributed by atoms with Gasteiger partial charge in [0.1, 0.15) is 0 Å². The van der Waals surface area contributed by atoms with Crippen molar-refractivity contribution in [2.45, 2.75) is 30.8 Å². The van der Waals surface area contributed by atoms with Gasteiger partial charge in [0, 0.05) is 19.3 Å². The highest BCUT2D eigenvalue weighted by Gasteiger charge is 2.31. The topological polar surface area (TPSA) is 57.6 Å². The molecule has 0 saturated heterocycles. The van der Waals surface area contributed by atoms with Crippen molar-refractivity contribution in [3.05, 3.63) is 29.8 Å². The van der Waals surface area contributed by atoms with Gasteiger partial charge in [0.2, 0.25) is 0 Å². The summed E-state index contributed by atoms with van der Waals surface area (Å²) in [6.07, 6.45) is 1.63. The van der Waals surface area contributed by atoms with Gasteiger partial charge in [-0.15, -0.1) is 0 Å². The summed E-state index contributed by atoms with van der Waals surface area (Å²) in [7, 11) is 0.522. The Morgan fingerprint density at radius 2 is 2.10 bits per heavy atom. The highest BCUT2D eigenvalue weighted by molar-refractivity contribution is 7.85. The molecule has 0 radical (unpaired) electrons. The molecule has 2 atom stereocenters. The van der Waals surface area contributed by atoms with Gasteiger partial charge in [-0.2, -0.15) is 0 Å². The van der Waals surface area contributed by atoms with Crippen molar-refractivity contribution in [2.24, 2.45) is 5.92 Å². The molecule has 4 nitrogen and oxygen atoms in total. The number of nitrogens with zero attached hydrogens (tertiary/aromatic N) is 1. The second-order valence-electron chi connectivity index (χ2n) is 5.22. The van der Waals surface area contributed by atoms with Gasteiger partial charge in [-0.3, -0.25) is 9.00 Å². The number of carbonyl (C=O) groups is 1. The molecule has 0 aromatic heterocycles. The van der Waals surface area contributed by atoms with Gasteiger partial charge >= 0.3 is 0 Å². The first-order valence-electron chi connectivity index (χ1n) is 6.95. The Hall–Kier alpha value is -1.20. The average Bonchev–Trinajstić information content (AvgIpc) is 3.30. The highest BCUT2D eigenvalue weighted by atomic mass is 32.2. The molecule has 2 unspecified atom stereocenters. The molecule has 0 bridgehead atoms. The van der Waals surface area contributed by atoms with Gasteiger partial charge in [0.15, 0.2) is 0 Å². The maximum Gasteiger partial charge on any atom is 0.254 e. The minimum absolute atomic E-state index is 0.179. The van der Waals surface area contributed by atoms with Crippen LogP contribution in [0.15, 0.2) is 29.2 Å². The van der Waals surface area contributed by atoms with Crippen molar-refractivity contribution in [2.75, 3.05) is 19.3 Å². The molecule has 1 fully saturated rings. The predicted octanol–water partition coefficient (Wildman–Crippen LogP) is 1.66. The fraction of sp³-hybridized carbons (Fsp3) is 0.533. The molecular weight excluding hydrogens is 274 g/mol. The number of benzene rings is 1. The largest absolute Gasteiger partial charge is 0.391 e. The lowest BCUT2D eigenvalue weighted by molar-refractivity contribution is 0.0642. The Labute approximate surface area is 122 Å². The summed E-state index contributed by atoms with van der Waals surface area (Å²) < 4.78 is 12.0. The Morgan fingerprint density at radius 1 is 1.45 bits per heavy atom. The predicted molar refractivity (Wildman–Crippen MR) is 79.1 cm³/mol. The van der Waals surface area contributed by atoms with Crippen LogP contribution in [0.1, 0.15) is 30.1 Å². The minimum atomic E-state index is -1.16. The van der Waals surface area contributed by atoms with E-state index < -0.39 is 16.9 Å². The van der Waals surface area contributed by atoms with Crippen molar-refractivity contribution in [1.29, 1.82) is 0 Å². The second-order valence-corrected chi connectivity index (χ2v) is 6.93. The van der Waals surface area contributed by atoms with E-state index in [1.165, 1.54) is 4.90 Å². The van der Waals surface area contributed by atoms with Crippen LogP contribution in [0.3, 0.4) is 0 Å². The third kappa shape index (κ3) is 3.46. The van der Waals surface area contributed by atoms with E-state index in [0.29, 0.717) is 28.7 Å². The van der Waals surface area contributed by atoms with E-state index in [2.05, 4.69) is 0 Å². The van der Waals surface area contributed by atoms with E-state index >= 15 is 0 Å². The van der Waals surface area contributed by atoms with Gasteiger partial charge in [0.05, 0.1) is 27.4 Å². The first-order valence-corrected chi connectivity index (χ1v) is 8.27. The Kier molecular flexibility index (Phi) is 4.94. The van der Waals surface area contributed by atoms with Crippen molar-refractivity contribution in [3.8, 4) is 0 Å². The normalized spacial score (nSPS) is 17.6. The fourth-order valence-corrected chi connectivity index (χ4v) is 3.14. The zero-order valence-electron chi connectivity index (χ0n) is 11.9. The monoisotopic (exact) mass is 295 g/mol. The summed E-state index contributed by atoms with van der Waals surface area (Å²) in [5.74, 6) is 0.644. The molecule has 5 heteroatoms. The molecule has 1 aliphatic carbocycles. The van der Waals surface area contributed by atoms with Crippen LogP contribution < -0.4 is 0 Å². The summed E-state index contributed by atoms with van der Waals surface area (Å²) in [6, 6.07) is 7.00. The average molecular weight is 295 g/mol. The Balaban J connectivity index is 2.13. The molecule has 0 heterocycles. The van der Waals surface area contributed by atoms with Gasteiger partial charge in [0.25, 0.3) is 5.91 Å². The van der Waals surface area contributed by atoms with E-state index in [0.717, 1.165) is 12.8 Å². The van der Waals surface area contributed by atoms with E-state index in [1.54, 1.807) is 31.3 Å². The smallest absolute Gasteiger partial charge is 0.254 e. The van der Waals surface area contributed by atoms with Crippen LogP contribution in [0.4, 0.5) is 0 Å². The minimum Gasteiger partial charge on any atom is -0.391 e. The van der Waals surface area contributed by atoms with Crippen LogP contribution in [0.5, 0.6) is 0 Å². The van der Waals surface area contributed by atoms with E-state index in [-0.39, 0.29) is 5.91 Å². The molecule has 20 heavy (non-hydrogen) atoms. The number of carbonyl (C=O) groups excluding carboxylic acids is 1. The number of likely N-dealkylation sites (N-methyl/N-ethyl adjacent to an activating group) is 1. The lowest BCUT2D eigenvalue weighted by atomic mass is 10.1. The lowest BCUT2D eigenvalue weighted by Crippen LogP contribution is -2.35. The molecule has 1 amide bonds. The van der Waals surface area contributed by atoms with Gasteiger partial charge in [-0.1, -0.05) is 19.1 Å². The molecule has 1 aromatic rings. The second kappa shape index (κ2) is 6.50. The number of aliphatic hydroxyl groups is 1. The van der Waals surface area contributed by atoms with Crippen LogP contribution in [-0.2, 0) is 10.8 Å². The number of amides is 1. The van der Waals surface area contributed by atoms with Crippen molar-refractivity contribution >= 4 is 16.7 Å². The Bertz CT molecular complexity index is 514. The van der Waals surface area contributed by atoms with E-state index in [1.807, 2.05) is 6.92 Å². The molecule has 1 N–H and O–H groups in total. The number of hydrogen-bond acceptors (Lipinski definition) is 3. The molecule has 1 saturated carbocycles. The third-order valence-corrected chi connectivity index (χ3v) is 4.97. The molecular formula is C15H21NO3S. The number of hydrogen-bond donors (Lipinski definition) is 1. The summed E-state index contributed by atoms with van der Waals surface area (Å²) in [4.78, 5) is 14.5. The molecule has 1 aliphatic rings. The summed E-state index contributed by atoms with van der Waals surface area (Å²) in [6.45, 7) is 2.16. The van der Waals surface area contributed by atoms with Gasteiger partial charge < -0.3 is 10.0 Å². The first-order chi connectivity index (χ1) is 9.54. The zero-order valence-corrected chi connectivity index (χ0v) is 12.7.